The Labute approximate surface area is 119 Å². The molecule has 3 rings (SSSR count). The minimum Gasteiger partial charge on any atom is -0.308 e. The molecule has 0 aromatic heterocycles. The summed E-state index contributed by atoms with van der Waals surface area (Å²) in [5, 5.41) is 3.92. The van der Waals surface area contributed by atoms with E-state index < -0.39 is 0 Å². The average molecular weight is 264 g/mol. The highest BCUT2D eigenvalue weighted by Crippen LogP contribution is 2.36. The lowest BCUT2D eigenvalue weighted by molar-refractivity contribution is 0.0643. The Morgan fingerprint density at radius 1 is 1.21 bits per heavy atom. The van der Waals surface area contributed by atoms with Crippen molar-refractivity contribution < 1.29 is 0 Å². The van der Waals surface area contributed by atoms with Crippen LogP contribution in [0.15, 0.2) is 0 Å². The van der Waals surface area contributed by atoms with Gasteiger partial charge >= 0.3 is 0 Å². The summed E-state index contributed by atoms with van der Waals surface area (Å²) in [5.41, 5.74) is 0.496. The van der Waals surface area contributed by atoms with E-state index in [1.165, 1.54) is 71.0 Å². The number of piperazine rings is 1. The highest BCUT2D eigenvalue weighted by atomic mass is 15.3. The van der Waals surface area contributed by atoms with Gasteiger partial charge in [0.1, 0.15) is 0 Å². The van der Waals surface area contributed by atoms with Gasteiger partial charge in [-0.3, -0.25) is 4.90 Å². The van der Waals surface area contributed by atoms with Crippen LogP contribution in [0.3, 0.4) is 0 Å². The molecule has 3 aliphatic rings. The Morgan fingerprint density at radius 2 is 2.00 bits per heavy atom. The monoisotopic (exact) mass is 264 g/mol. The van der Waals surface area contributed by atoms with Gasteiger partial charge in [-0.2, -0.15) is 0 Å². The summed E-state index contributed by atoms with van der Waals surface area (Å²) in [6, 6.07) is 0.794. The third-order valence-corrected chi connectivity index (χ3v) is 6.06. The van der Waals surface area contributed by atoms with Crippen molar-refractivity contribution >= 4 is 0 Å². The number of hydrogen-bond acceptors (Lipinski definition) is 2. The van der Waals surface area contributed by atoms with Gasteiger partial charge in [-0.05, 0) is 43.9 Å². The van der Waals surface area contributed by atoms with Crippen molar-refractivity contribution in [2.75, 3.05) is 19.6 Å². The fourth-order valence-corrected chi connectivity index (χ4v) is 4.86. The van der Waals surface area contributed by atoms with Crippen molar-refractivity contribution in [3.8, 4) is 0 Å². The van der Waals surface area contributed by atoms with Crippen LogP contribution in [0.1, 0.15) is 65.2 Å². The van der Waals surface area contributed by atoms with Crippen molar-refractivity contribution in [3.05, 3.63) is 0 Å². The van der Waals surface area contributed by atoms with Gasteiger partial charge in [-0.1, -0.05) is 33.1 Å². The first-order chi connectivity index (χ1) is 9.21. The lowest BCUT2D eigenvalue weighted by atomic mass is 9.90. The van der Waals surface area contributed by atoms with E-state index in [2.05, 4.69) is 24.1 Å². The molecule has 2 nitrogen and oxygen atoms in total. The zero-order valence-corrected chi connectivity index (χ0v) is 13.0. The molecule has 3 atom stereocenters. The summed E-state index contributed by atoms with van der Waals surface area (Å²) in [7, 11) is 0. The van der Waals surface area contributed by atoms with E-state index in [-0.39, 0.29) is 0 Å². The van der Waals surface area contributed by atoms with Gasteiger partial charge < -0.3 is 5.32 Å². The van der Waals surface area contributed by atoms with Crippen LogP contribution in [0.4, 0.5) is 0 Å². The molecule has 1 heterocycles. The van der Waals surface area contributed by atoms with Gasteiger partial charge in [0, 0.05) is 31.2 Å². The molecule has 1 aliphatic heterocycles. The van der Waals surface area contributed by atoms with Crippen LogP contribution in [0, 0.1) is 11.8 Å². The molecule has 1 N–H and O–H groups in total. The molecule has 1 saturated heterocycles. The van der Waals surface area contributed by atoms with E-state index in [0.29, 0.717) is 5.54 Å². The Bertz CT molecular complexity index is 296. The topological polar surface area (TPSA) is 15.3 Å². The van der Waals surface area contributed by atoms with Crippen molar-refractivity contribution in [3.63, 3.8) is 0 Å². The molecule has 2 saturated carbocycles. The van der Waals surface area contributed by atoms with E-state index >= 15 is 0 Å². The largest absolute Gasteiger partial charge is 0.308 e. The maximum atomic E-state index is 3.92. The Balaban J connectivity index is 1.62. The molecule has 3 fully saturated rings. The number of nitrogens with zero attached hydrogens (tertiary/aromatic N) is 1. The average Bonchev–Trinajstić information content (AvgIpc) is 3.00. The van der Waals surface area contributed by atoms with Gasteiger partial charge in [-0.25, -0.2) is 0 Å². The first-order valence-electron chi connectivity index (χ1n) is 8.70. The third-order valence-electron chi connectivity index (χ3n) is 6.06. The van der Waals surface area contributed by atoms with Crippen LogP contribution in [-0.4, -0.2) is 36.1 Å². The molecular formula is C17H32N2. The van der Waals surface area contributed by atoms with Crippen molar-refractivity contribution in [2.45, 2.75) is 76.8 Å². The predicted molar refractivity (Wildman–Crippen MR) is 81.4 cm³/mol. The predicted octanol–water partition coefficient (Wildman–Crippen LogP) is 3.42. The maximum Gasteiger partial charge on any atom is 0.0309 e. The molecular weight excluding hydrogens is 232 g/mol. The molecule has 2 aliphatic carbocycles. The fraction of sp³-hybridized carbons (Fsp3) is 1.00. The third kappa shape index (κ3) is 3.00. The molecule has 0 aromatic carbocycles. The van der Waals surface area contributed by atoms with Gasteiger partial charge in [0.05, 0.1) is 0 Å². The lowest BCUT2D eigenvalue weighted by Crippen LogP contribution is -2.63. The Hall–Kier alpha value is -0.0800. The second kappa shape index (κ2) is 5.73. The van der Waals surface area contributed by atoms with Crippen molar-refractivity contribution in [2.24, 2.45) is 11.8 Å². The Morgan fingerprint density at radius 3 is 2.63 bits per heavy atom. The second-order valence-electron chi connectivity index (χ2n) is 7.64. The lowest BCUT2D eigenvalue weighted by Gasteiger charge is -2.47. The van der Waals surface area contributed by atoms with Crippen LogP contribution in [0.5, 0.6) is 0 Å². The van der Waals surface area contributed by atoms with Gasteiger partial charge in [-0.15, -0.1) is 0 Å². The zero-order chi connectivity index (χ0) is 13.3. The summed E-state index contributed by atoms with van der Waals surface area (Å²) >= 11 is 0. The first kappa shape index (κ1) is 13.9. The number of hydrogen-bond donors (Lipinski definition) is 1. The van der Waals surface area contributed by atoms with E-state index in [0.717, 1.165) is 17.9 Å². The molecule has 0 bridgehead atoms. The normalized spacial score (nSPS) is 39.2. The summed E-state index contributed by atoms with van der Waals surface area (Å²) in [4.78, 5) is 2.87. The van der Waals surface area contributed by atoms with Crippen LogP contribution >= 0.6 is 0 Å². The number of rotatable bonds is 3. The van der Waals surface area contributed by atoms with Crippen molar-refractivity contribution in [1.29, 1.82) is 0 Å². The van der Waals surface area contributed by atoms with E-state index in [9.17, 15) is 0 Å². The molecule has 1 spiro atoms. The quantitative estimate of drug-likeness (QED) is 0.840. The van der Waals surface area contributed by atoms with Gasteiger partial charge in [0.15, 0.2) is 0 Å². The summed E-state index contributed by atoms with van der Waals surface area (Å²) in [6.07, 6.45) is 11.5. The highest BCUT2D eigenvalue weighted by molar-refractivity contribution is 5.01. The summed E-state index contributed by atoms with van der Waals surface area (Å²) in [5.74, 6) is 1.97. The first-order valence-corrected chi connectivity index (χ1v) is 8.70. The number of nitrogens with one attached hydrogen (secondary N) is 1. The van der Waals surface area contributed by atoms with E-state index in [1.54, 1.807) is 0 Å². The fourth-order valence-electron chi connectivity index (χ4n) is 4.86. The molecule has 19 heavy (non-hydrogen) atoms. The zero-order valence-electron chi connectivity index (χ0n) is 13.0. The van der Waals surface area contributed by atoms with Gasteiger partial charge in [0.2, 0.25) is 0 Å². The minimum atomic E-state index is 0.496. The maximum absolute atomic E-state index is 3.92. The van der Waals surface area contributed by atoms with Crippen LogP contribution in [0.2, 0.25) is 0 Å². The standard InChI is InChI=1S/C17H32N2/c1-3-16-11-18-17(8-4-5-9-17)13-19(16)12-15-7-6-14(2)10-15/h14-16,18H,3-13H2,1-2H3. The van der Waals surface area contributed by atoms with E-state index in [4.69, 9.17) is 0 Å². The molecule has 0 radical (unpaired) electrons. The smallest absolute Gasteiger partial charge is 0.0309 e. The summed E-state index contributed by atoms with van der Waals surface area (Å²) < 4.78 is 0. The van der Waals surface area contributed by atoms with Gasteiger partial charge in [0.25, 0.3) is 0 Å². The van der Waals surface area contributed by atoms with Crippen LogP contribution in [-0.2, 0) is 0 Å². The van der Waals surface area contributed by atoms with Crippen LogP contribution < -0.4 is 5.32 Å². The molecule has 3 unspecified atom stereocenters. The molecule has 110 valence electrons. The Kier molecular flexibility index (Phi) is 4.19. The SMILES string of the molecule is CCC1CNC2(CCCC2)CN1CC1CCC(C)C1. The van der Waals surface area contributed by atoms with E-state index in [1.807, 2.05) is 0 Å². The molecule has 0 amide bonds. The highest BCUT2D eigenvalue weighted by Gasteiger charge is 2.41. The molecule has 0 aromatic rings. The second-order valence-corrected chi connectivity index (χ2v) is 7.64. The van der Waals surface area contributed by atoms with Crippen LogP contribution in [0.25, 0.3) is 0 Å². The molecule has 2 heteroatoms. The minimum absolute atomic E-state index is 0.496. The van der Waals surface area contributed by atoms with Crippen molar-refractivity contribution in [1.82, 2.24) is 10.2 Å². The summed E-state index contributed by atoms with van der Waals surface area (Å²) in [6.45, 7) is 8.75.